The Kier molecular flexibility index (Phi) is 2.02. The average molecular weight is 177 g/mol. The summed E-state index contributed by atoms with van der Waals surface area (Å²) in [6.45, 7) is 0.792. The average Bonchev–Trinajstić information content (AvgIpc) is 2.17. The third-order valence-electron chi connectivity index (χ3n) is 2.38. The van der Waals surface area contributed by atoms with Gasteiger partial charge in [-0.15, -0.1) is 0 Å². The standard InChI is InChI=1S/C10H11NO2/c12-6-8-10-7(4-5-11-8)2-1-3-9(10)13/h1-3,6,8,11,13H,4-5H2. The van der Waals surface area contributed by atoms with E-state index in [0.717, 1.165) is 30.4 Å². The van der Waals surface area contributed by atoms with Gasteiger partial charge in [-0.2, -0.15) is 0 Å². The Balaban J connectivity index is 2.53. The summed E-state index contributed by atoms with van der Waals surface area (Å²) in [5.74, 6) is 0.210. The van der Waals surface area contributed by atoms with E-state index in [1.165, 1.54) is 0 Å². The van der Waals surface area contributed by atoms with E-state index in [2.05, 4.69) is 5.32 Å². The molecule has 0 fully saturated rings. The Hall–Kier alpha value is -1.35. The zero-order valence-electron chi connectivity index (χ0n) is 7.16. The number of benzene rings is 1. The van der Waals surface area contributed by atoms with E-state index in [9.17, 15) is 9.90 Å². The number of nitrogens with one attached hydrogen (secondary N) is 1. The molecule has 68 valence electrons. The molecule has 0 spiro atoms. The van der Waals surface area contributed by atoms with Crippen molar-refractivity contribution in [1.82, 2.24) is 5.32 Å². The lowest BCUT2D eigenvalue weighted by Gasteiger charge is -2.23. The van der Waals surface area contributed by atoms with E-state index >= 15 is 0 Å². The van der Waals surface area contributed by atoms with E-state index in [0.29, 0.717) is 0 Å². The van der Waals surface area contributed by atoms with Gasteiger partial charge in [-0.1, -0.05) is 12.1 Å². The number of hydrogen-bond donors (Lipinski definition) is 2. The predicted octanol–water partition coefficient (Wildman–Crippen LogP) is 0.778. The molecule has 0 amide bonds. The number of fused-ring (bicyclic) bond motifs is 1. The zero-order chi connectivity index (χ0) is 9.26. The van der Waals surface area contributed by atoms with Gasteiger partial charge < -0.3 is 15.2 Å². The number of rotatable bonds is 1. The molecule has 2 rings (SSSR count). The molecule has 1 aromatic rings. The molecule has 2 N–H and O–H groups in total. The number of carbonyl (C=O) groups excluding carboxylic acids is 1. The van der Waals surface area contributed by atoms with Crippen LogP contribution < -0.4 is 5.32 Å². The summed E-state index contributed by atoms with van der Waals surface area (Å²) in [5, 5.41) is 12.6. The molecule has 0 saturated carbocycles. The molecular formula is C10H11NO2. The lowest BCUT2D eigenvalue weighted by molar-refractivity contribution is -0.109. The minimum absolute atomic E-state index is 0.210. The van der Waals surface area contributed by atoms with Crippen molar-refractivity contribution in [2.75, 3.05) is 6.54 Å². The highest BCUT2D eigenvalue weighted by atomic mass is 16.3. The van der Waals surface area contributed by atoms with Crippen LogP contribution in [0.3, 0.4) is 0 Å². The fraction of sp³-hybridized carbons (Fsp3) is 0.300. The number of aromatic hydroxyl groups is 1. The smallest absolute Gasteiger partial charge is 0.141 e. The molecule has 0 saturated heterocycles. The number of hydrogen-bond acceptors (Lipinski definition) is 3. The summed E-state index contributed by atoms with van der Waals surface area (Å²) in [4.78, 5) is 10.7. The van der Waals surface area contributed by atoms with Gasteiger partial charge in [0.2, 0.25) is 0 Å². The maximum atomic E-state index is 10.7. The van der Waals surface area contributed by atoms with Gasteiger partial charge in [0.15, 0.2) is 0 Å². The van der Waals surface area contributed by atoms with Crippen LogP contribution in [0.15, 0.2) is 18.2 Å². The second-order valence-corrected chi connectivity index (χ2v) is 3.17. The molecule has 0 radical (unpaired) electrons. The van der Waals surface area contributed by atoms with Crippen LogP contribution in [0.25, 0.3) is 0 Å². The second kappa shape index (κ2) is 3.18. The quantitative estimate of drug-likeness (QED) is 0.623. The van der Waals surface area contributed by atoms with Crippen molar-refractivity contribution < 1.29 is 9.90 Å². The van der Waals surface area contributed by atoms with Crippen LogP contribution in [0.5, 0.6) is 5.75 Å². The summed E-state index contributed by atoms with van der Waals surface area (Å²) in [6.07, 6.45) is 1.70. The van der Waals surface area contributed by atoms with Crippen molar-refractivity contribution in [3.8, 4) is 5.75 Å². The minimum atomic E-state index is -0.343. The molecule has 1 aliphatic rings. The zero-order valence-corrected chi connectivity index (χ0v) is 7.16. The van der Waals surface area contributed by atoms with Gasteiger partial charge in [-0.05, 0) is 18.1 Å². The van der Waals surface area contributed by atoms with Crippen LogP contribution in [-0.4, -0.2) is 17.9 Å². The van der Waals surface area contributed by atoms with Crippen molar-refractivity contribution in [1.29, 1.82) is 0 Å². The van der Waals surface area contributed by atoms with Gasteiger partial charge in [-0.25, -0.2) is 0 Å². The van der Waals surface area contributed by atoms with Gasteiger partial charge in [0, 0.05) is 12.1 Å². The first kappa shape index (κ1) is 8.26. The van der Waals surface area contributed by atoms with Crippen LogP contribution in [0.1, 0.15) is 17.2 Å². The first-order valence-corrected chi connectivity index (χ1v) is 4.32. The van der Waals surface area contributed by atoms with Crippen LogP contribution in [0.4, 0.5) is 0 Å². The highest BCUT2D eigenvalue weighted by Gasteiger charge is 2.21. The van der Waals surface area contributed by atoms with E-state index in [1.807, 2.05) is 6.07 Å². The van der Waals surface area contributed by atoms with Crippen molar-refractivity contribution in [2.24, 2.45) is 0 Å². The Morgan fingerprint density at radius 1 is 1.54 bits per heavy atom. The molecule has 1 heterocycles. The third-order valence-corrected chi connectivity index (χ3v) is 2.38. The second-order valence-electron chi connectivity index (χ2n) is 3.17. The van der Waals surface area contributed by atoms with Gasteiger partial charge in [-0.3, -0.25) is 0 Å². The third kappa shape index (κ3) is 1.31. The molecule has 3 heteroatoms. The largest absolute Gasteiger partial charge is 0.508 e. The Morgan fingerprint density at radius 3 is 3.15 bits per heavy atom. The summed E-state index contributed by atoms with van der Waals surface area (Å²) < 4.78 is 0. The van der Waals surface area contributed by atoms with E-state index in [4.69, 9.17) is 0 Å². The number of carbonyl (C=O) groups is 1. The molecule has 3 nitrogen and oxygen atoms in total. The van der Waals surface area contributed by atoms with E-state index in [1.54, 1.807) is 12.1 Å². The van der Waals surface area contributed by atoms with E-state index < -0.39 is 0 Å². The molecule has 1 unspecified atom stereocenters. The number of phenols is 1. The summed E-state index contributed by atoms with van der Waals surface area (Å²) in [5.41, 5.74) is 1.81. The lowest BCUT2D eigenvalue weighted by atomic mass is 9.94. The van der Waals surface area contributed by atoms with Gasteiger partial charge >= 0.3 is 0 Å². The SMILES string of the molecule is O=CC1NCCc2cccc(O)c21. The van der Waals surface area contributed by atoms with Crippen LogP contribution in [-0.2, 0) is 11.2 Å². The first-order chi connectivity index (χ1) is 6.33. The molecule has 0 aliphatic carbocycles. The van der Waals surface area contributed by atoms with Gasteiger partial charge in [0.25, 0.3) is 0 Å². The molecule has 1 atom stereocenters. The Labute approximate surface area is 76.4 Å². The molecule has 0 aromatic heterocycles. The molecular weight excluding hydrogens is 166 g/mol. The Morgan fingerprint density at radius 2 is 2.38 bits per heavy atom. The monoisotopic (exact) mass is 177 g/mol. The summed E-state index contributed by atoms with van der Waals surface area (Å²) in [6, 6.07) is 5.03. The van der Waals surface area contributed by atoms with Crippen LogP contribution in [0.2, 0.25) is 0 Å². The normalized spacial score (nSPS) is 20.8. The molecule has 13 heavy (non-hydrogen) atoms. The highest BCUT2D eigenvalue weighted by Crippen LogP contribution is 2.29. The van der Waals surface area contributed by atoms with Crippen LogP contribution in [0, 0.1) is 0 Å². The fourth-order valence-corrected chi connectivity index (χ4v) is 1.76. The Bertz CT molecular complexity index is 336. The lowest BCUT2D eigenvalue weighted by Crippen LogP contribution is -2.30. The van der Waals surface area contributed by atoms with Gasteiger partial charge in [0.1, 0.15) is 12.0 Å². The van der Waals surface area contributed by atoms with Crippen molar-refractivity contribution in [2.45, 2.75) is 12.5 Å². The summed E-state index contributed by atoms with van der Waals surface area (Å²) >= 11 is 0. The summed E-state index contributed by atoms with van der Waals surface area (Å²) in [7, 11) is 0. The minimum Gasteiger partial charge on any atom is -0.508 e. The number of phenolic OH excluding ortho intramolecular Hbond substituents is 1. The van der Waals surface area contributed by atoms with E-state index in [-0.39, 0.29) is 11.8 Å². The van der Waals surface area contributed by atoms with Crippen LogP contribution >= 0.6 is 0 Å². The maximum absolute atomic E-state index is 10.7. The van der Waals surface area contributed by atoms with Crippen molar-refractivity contribution in [3.05, 3.63) is 29.3 Å². The molecule has 1 aromatic carbocycles. The highest BCUT2D eigenvalue weighted by molar-refractivity contribution is 5.66. The van der Waals surface area contributed by atoms with Crippen molar-refractivity contribution >= 4 is 6.29 Å². The van der Waals surface area contributed by atoms with Gasteiger partial charge in [0.05, 0.1) is 6.04 Å². The fourth-order valence-electron chi connectivity index (χ4n) is 1.76. The predicted molar refractivity (Wildman–Crippen MR) is 48.6 cm³/mol. The maximum Gasteiger partial charge on any atom is 0.141 e. The molecule has 1 aliphatic heterocycles. The van der Waals surface area contributed by atoms with Crippen molar-refractivity contribution in [3.63, 3.8) is 0 Å². The number of aldehydes is 1. The topological polar surface area (TPSA) is 49.3 Å². The molecule has 0 bridgehead atoms. The first-order valence-electron chi connectivity index (χ1n) is 4.32.